The molecule has 0 spiro atoms. The molecule has 2 N–H and O–H groups in total. The highest BCUT2D eigenvalue weighted by atomic mass is 32.2. The number of hydrogen-bond donors (Lipinski definition) is 1. The van der Waals surface area contributed by atoms with Gasteiger partial charge in [0.25, 0.3) is 0 Å². The molecule has 0 bridgehead atoms. The van der Waals surface area contributed by atoms with E-state index in [1.54, 1.807) is 17.0 Å². The molecular formula is C24H26N8O2S. The zero-order valence-electron chi connectivity index (χ0n) is 19.4. The molecule has 1 saturated heterocycles. The van der Waals surface area contributed by atoms with Crippen molar-refractivity contribution in [2.45, 2.75) is 11.4 Å². The third kappa shape index (κ3) is 4.06. The topological polar surface area (TPSA) is 111 Å². The maximum atomic E-state index is 11.6. The van der Waals surface area contributed by atoms with Crippen LogP contribution in [-0.2, 0) is 17.3 Å². The van der Waals surface area contributed by atoms with Gasteiger partial charge in [0.2, 0.25) is 5.95 Å². The first-order valence-corrected chi connectivity index (χ1v) is 13.1. The Bertz CT molecular complexity index is 1500. The van der Waals surface area contributed by atoms with Crippen molar-refractivity contribution >= 4 is 39.1 Å². The highest BCUT2D eigenvalue weighted by Gasteiger charge is 2.19. The van der Waals surface area contributed by atoms with Gasteiger partial charge in [-0.05, 0) is 42.5 Å². The third-order valence-electron chi connectivity index (χ3n) is 6.54. The van der Waals surface area contributed by atoms with Crippen LogP contribution in [0.2, 0.25) is 0 Å². The van der Waals surface area contributed by atoms with E-state index >= 15 is 0 Å². The molecule has 1 aliphatic rings. The first-order valence-electron chi connectivity index (χ1n) is 11.5. The molecule has 180 valence electrons. The average Bonchev–Trinajstić information content (AvgIpc) is 3.63. The van der Waals surface area contributed by atoms with Gasteiger partial charge in [-0.15, -0.1) is 0 Å². The number of nitrogens with zero attached hydrogens (tertiary/aromatic N) is 7. The van der Waals surface area contributed by atoms with Crippen molar-refractivity contribution in [3.8, 4) is 11.5 Å². The Kier molecular flexibility index (Phi) is 5.50. The number of anilines is 2. The van der Waals surface area contributed by atoms with E-state index in [2.05, 4.69) is 41.6 Å². The fourth-order valence-corrected chi connectivity index (χ4v) is 5.11. The van der Waals surface area contributed by atoms with Crippen LogP contribution in [0.3, 0.4) is 0 Å². The number of nitrogen functional groups attached to an aromatic ring is 1. The molecule has 35 heavy (non-hydrogen) atoms. The van der Waals surface area contributed by atoms with Crippen LogP contribution in [0.5, 0.6) is 0 Å². The minimum Gasteiger partial charge on any atom is -0.463 e. The quantitative estimate of drug-likeness (QED) is 0.387. The molecular weight excluding hydrogens is 464 g/mol. The lowest BCUT2D eigenvalue weighted by atomic mass is 10.2. The minimum atomic E-state index is -0.947. The van der Waals surface area contributed by atoms with Crippen molar-refractivity contribution in [3.05, 3.63) is 55.1 Å². The Balaban J connectivity index is 1.14. The Labute approximate surface area is 204 Å². The molecule has 5 aromatic rings. The first kappa shape index (κ1) is 21.8. The van der Waals surface area contributed by atoms with Gasteiger partial charge in [-0.1, -0.05) is 0 Å². The van der Waals surface area contributed by atoms with Crippen molar-refractivity contribution in [2.75, 3.05) is 49.6 Å². The molecule has 0 saturated carbocycles. The summed E-state index contributed by atoms with van der Waals surface area (Å²) in [4.78, 5) is 14.9. The summed E-state index contributed by atoms with van der Waals surface area (Å²) < 4.78 is 20.8. The predicted octanol–water partition coefficient (Wildman–Crippen LogP) is 2.48. The second-order valence-corrected chi connectivity index (χ2v) is 10.0. The van der Waals surface area contributed by atoms with Crippen LogP contribution in [0, 0.1) is 0 Å². The van der Waals surface area contributed by atoms with Gasteiger partial charge in [0.15, 0.2) is 11.4 Å². The van der Waals surface area contributed by atoms with E-state index in [1.807, 2.05) is 36.7 Å². The van der Waals surface area contributed by atoms with Crippen LogP contribution in [0.1, 0.15) is 0 Å². The summed E-state index contributed by atoms with van der Waals surface area (Å²) in [6.07, 6.45) is 5.15. The molecule has 1 aliphatic heterocycles. The van der Waals surface area contributed by atoms with Gasteiger partial charge in [0, 0.05) is 66.9 Å². The van der Waals surface area contributed by atoms with Crippen LogP contribution < -0.4 is 10.6 Å². The molecule has 0 radical (unpaired) electrons. The maximum absolute atomic E-state index is 11.6. The number of furan rings is 1. The van der Waals surface area contributed by atoms with Crippen molar-refractivity contribution < 1.29 is 8.63 Å². The summed E-state index contributed by atoms with van der Waals surface area (Å²) in [5, 5.41) is 4.54. The Hall–Kier alpha value is -3.70. The fourth-order valence-electron chi connectivity index (χ4n) is 4.59. The van der Waals surface area contributed by atoms with Crippen molar-refractivity contribution in [2.24, 2.45) is 0 Å². The van der Waals surface area contributed by atoms with Gasteiger partial charge in [0.05, 0.1) is 12.6 Å². The summed E-state index contributed by atoms with van der Waals surface area (Å²) in [7, 11) is -0.947. The van der Waals surface area contributed by atoms with E-state index in [-0.39, 0.29) is 0 Å². The van der Waals surface area contributed by atoms with Crippen LogP contribution >= 0.6 is 0 Å². The van der Waals surface area contributed by atoms with Crippen LogP contribution in [0.15, 0.2) is 64.4 Å². The number of aromatic nitrogens is 5. The van der Waals surface area contributed by atoms with E-state index in [0.29, 0.717) is 17.4 Å². The number of rotatable bonds is 6. The van der Waals surface area contributed by atoms with Crippen LogP contribution in [0.25, 0.3) is 28.1 Å². The molecule has 1 unspecified atom stereocenters. The molecule has 1 aromatic carbocycles. The van der Waals surface area contributed by atoms with Gasteiger partial charge in [-0.3, -0.25) is 9.11 Å². The third-order valence-corrected chi connectivity index (χ3v) is 7.47. The smallest absolute Gasteiger partial charge is 0.223 e. The SMILES string of the molecule is CS(=O)c1ccc(N2CCN(CCn3cnc4c3nc(N)n3nc(-c5ccco5)cc43)CC2)cc1. The Morgan fingerprint density at radius 1 is 1.09 bits per heavy atom. The van der Waals surface area contributed by atoms with Gasteiger partial charge >= 0.3 is 0 Å². The summed E-state index contributed by atoms with van der Waals surface area (Å²) >= 11 is 0. The van der Waals surface area contributed by atoms with E-state index in [0.717, 1.165) is 60.8 Å². The first-order chi connectivity index (χ1) is 17.1. The molecule has 4 aromatic heterocycles. The molecule has 1 atom stereocenters. The van der Waals surface area contributed by atoms with E-state index < -0.39 is 10.8 Å². The number of nitrogens with two attached hydrogens (primary N) is 1. The summed E-state index contributed by atoms with van der Waals surface area (Å²) in [6, 6.07) is 13.7. The second kappa shape index (κ2) is 8.82. The highest BCUT2D eigenvalue weighted by Crippen LogP contribution is 2.26. The molecule has 6 rings (SSSR count). The average molecular weight is 491 g/mol. The maximum Gasteiger partial charge on any atom is 0.223 e. The lowest BCUT2D eigenvalue weighted by Gasteiger charge is -2.36. The Morgan fingerprint density at radius 2 is 1.89 bits per heavy atom. The lowest BCUT2D eigenvalue weighted by Crippen LogP contribution is -2.47. The van der Waals surface area contributed by atoms with Crippen molar-refractivity contribution in [1.82, 2.24) is 29.0 Å². The van der Waals surface area contributed by atoms with E-state index in [4.69, 9.17) is 10.2 Å². The largest absolute Gasteiger partial charge is 0.463 e. The van der Waals surface area contributed by atoms with Gasteiger partial charge in [-0.25, -0.2) is 4.98 Å². The lowest BCUT2D eigenvalue weighted by molar-refractivity contribution is 0.249. The molecule has 0 amide bonds. The number of imidazole rings is 1. The summed E-state index contributed by atoms with van der Waals surface area (Å²) in [5.74, 6) is 0.995. The predicted molar refractivity (Wildman–Crippen MR) is 136 cm³/mol. The monoisotopic (exact) mass is 490 g/mol. The number of fused-ring (bicyclic) bond motifs is 3. The van der Waals surface area contributed by atoms with Gasteiger partial charge in [0.1, 0.15) is 16.7 Å². The molecule has 0 aliphatic carbocycles. The zero-order valence-corrected chi connectivity index (χ0v) is 20.2. The fraction of sp³-hybridized carbons (Fsp3) is 0.292. The number of benzene rings is 1. The molecule has 11 heteroatoms. The zero-order chi connectivity index (χ0) is 23.9. The van der Waals surface area contributed by atoms with Crippen LogP contribution in [-0.4, -0.2) is 72.2 Å². The van der Waals surface area contributed by atoms with Gasteiger partial charge < -0.3 is 19.6 Å². The van der Waals surface area contributed by atoms with Crippen molar-refractivity contribution in [3.63, 3.8) is 0 Å². The number of hydrogen-bond acceptors (Lipinski definition) is 8. The van der Waals surface area contributed by atoms with Gasteiger partial charge in [-0.2, -0.15) is 14.6 Å². The minimum absolute atomic E-state index is 0.318. The molecule has 5 heterocycles. The molecule has 10 nitrogen and oxygen atoms in total. The summed E-state index contributed by atoms with van der Waals surface area (Å²) in [5.41, 5.74) is 10.4. The van der Waals surface area contributed by atoms with E-state index in [1.165, 1.54) is 5.69 Å². The normalized spacial score (nSPS) is 15.9. The Morgan fingerprint density at radius 3 is 2.60 bits per heavy atom. The van der Waals surface area contributed by atoms with Crippen molar-refractivity contribution in [1.29, 1.82) is 0 Å². The highest BCUT2D eigenvalue weighted by molar-refractivity contribution is 7.84. The van der Waals surface area contributed by atoms with E-state index in [9.17, 15) is 4.21 Å². The van der Waals surface area contributed by atoms with Crippen LogP contribution in [0.4, 0.5) is 11.6 Å². The second-order valence-electron chi connectivity index (χ2n) is 8.66. The standard InChI is InChI=1S/C24H26N8O2S/c1-35(33)18-6-4-17(5-7-18)30-11-8-29(9-12-30)10-13-31-16-26-22-20-15-19(21-3-2-14-34-21)28-32(20)24(25)27-23(22)31/h2-7,14-16H,8-13H2,1H3,(H2,25,27). The summed E-state index contributed by atoms with van der Waals surface area (Å²) in [6.45, 7) is 5.53. The number of piperazine rings is 1. The molecule has 1 fully saturated rings.